The molecular weight excluding hydrogens is 252 g/mol. The van der Waals surface area contributed by atoms with Crippen LogP contribution in [0.1, 0.15) is 38.8 Å². The van der Waals surface area contributed by atoms with Crippen molar-refractivity contribution in [1.82, 2.24) is 4.90 Å². The Morgan fingerprint density at radius 2 is 2.05 bits per heavy atom. The number of nitrogens with zero attached hydrogens (tertiary/aromatic N) is 1. The smallest absolute Gasteiger partial charge is 0.119 e. The van der Waals surface area contributed by atoms with E-state index in [4.69, 9.17) is 10.5 Å². The van der Waals surface area contributed by atoms with Crippen molar-refractivity contribution in [3.05, 3.63) is 29.8 Å². The number of aliphatic hydroxyl groups is 1. The largest absolute Gasteiger partial charge is 0.497 e. The number of hydrogen-bond donors (Lipinski definition) is 2. The average molecular weight is 280 g/mol. The molecule has 0 amide bonds. The van der Waals surface area contributed by atoms with Crippen LogP contribution in [-0.4, -0.2) is 42.4 Å². The topological polar surface area (TPSA) is 58.7 Å². The lowest BCUT2D eigenvalue weighted by molar-refractivity contribution is 0.0344. The molecule has 3 N–H and O–H groups in total. The molecule has 0 aromatic heterocycles. The molecule has 2 atom stereocenters. The zero-order chi connectivity index (χ0) is 15.3. The lowest BCUT2D eigenvalue weighted by Gasteiger charge is -2.42. The summed E-state index contributed by atoms with van der Waals surface area (Å²) in [5.41, 5.74) is 7.11. The summed E-state index contributed by atoms with van der Waals surface area (Å²) in [6, 6.07) is 8.02. The number of aliphatic hydroxyl groups excluding tert-OH is 1. The SMILES string of the molecule is CCC(N)C(c1cccc(OC)c1)N(C)C(C)(C)CO. The Hall–Kier alpha value is -1.10. The van der Waals surface area contributed by atoms with Gasteiger partial charge in [0.1, 0.15) is 5.75 Å². The highest BCUT2D eigenvalue weighted by atomic mass is 16.5. The predicted octanol–water partition coefficient (Wildman–Crippen LogP) is 2.18. The van der Waals surface area contributed by atoms with Crippen LogP contribution in [0.2, 0.25) is 0 Å². The van der Waals surface area contributed by atoms with Gasteiger partial charge in [-0.25, -0.2) is 0 Å². The zero-order valence-corrected chi connectivity index (χ0v) is 13.3. The van der Waals surface area contributed by atoms with E-state index in [1.54, 1.807) is 7.11 Å². The average Bonchev–Trinajstić information content (AvgIpc) is 2.47. The first-order chi connectivity index (χ1) is 9.37. The van der Waals surface area contributed by atoms with E-state index in [-0.39, 0.29) is 24.2 Å². The molecule has 0 spiro atoms. The molecule has 20 heavy (non-hydrogen) atoms. The standard InChI is InChI=1S/C16H28N2O2/c1-6-14(17)15(18(4)16(2,3)11-19)12-8-7-9-13(10-12)20-5/h7-10,14-15,19H,6,11,17H2,1-5H3. The van der Waals surface area contributed by atoms with E-state index < -0.39 is 0 Å². The summed E-state index contributed by atoms with van der Waals surface area (Å²) >= 11 is 0. The van der Waals surface area contributed by atoms with Gasteiger partial charge in [0, 0.05) is 11.6 Å². The van der Waals surface area contributed by atoms with Crippen molar-refractivity contribution in [2.24, 2.45) is 5.73 Å². The van der Waals surface area contributed by atoms with E-state index in [2.05, 4.69) is 17.9 Å². The van der Waals surface area contributed by atoms with Crippen molar-refractivity contribution in [3.8, 4) is 5.75 Å². The molecular formula is C16H28N2O2. The Kier molecular flexibility index (Phi) is 5.99. The minimum atomic E-state index is -0.333. The minimum Gasteiger partial charge on any atom is -0.497 e. The Morgan fingerprint density at radius 1 is 1.40 bits per heavy atom. The van der Waals surface area contributed by atoms with E-state index >= 15 is 0 Å². The van der Waals surface area contributed by atoms with Crippen LogP contribution in [0.25, 0.3) is 0 Å². The Balaban J connectivity index is 3.18. The van der Waals surface area contributed by atoms with Gasteiger partial charge in [0.25, 0.3) is 0 Å². The third-order valence-corrected chi connectivity index (χ3v) is 4.07. The summed E-state index contributed by atoms with van der Waals surface area (Å²) in [5, 5.41) is 9.61. The van der Waals surface area contributed by atoms with Crippen LogP contribution >= 0.6 is 0 Å². The van der Waals surface area contributed by atoms with Gasteiger partial charge in [0.2, 0.25) is 0 Å². The van der Waals surface area contributed by atoms with Crippen molar-refractivity contribution < 1.29 is 9.84 Å². The summed E-state index contributed by atoms with van der Waals surface area (Å²) in [6.45, 7) is 6.20. The third kappa shape index (κ3) is 3.72. The molecule has 0 saturated carbocycles. The quantitative estimate of drug-likeness (QED) is 0.803. The highest BCUT2D eigenvalue weighted by molar-refractivity contribution is 5.31. The van der Waals surface area contributed by atoms with Crippen LogP contribution in [-0.2, 0) is 0 Å². The Bertz CT molecular complexity index is 421. The maximum absolute atomic E-state index is 9.61. The van der Waals surface area contributed by atoms with Crippen molar-refractivity contribution in [3.63, 3.8) is 0 Å². The molecule has 4 nitrogen and oxygen atoms in total. The normalized spacial score (nSPS) is 15.2. The second-order valence-corrected chi connectivity index (χ2v) is 5.88. The molecule has 0 heterocycles. The molecule has 1 rings (SSSR count). The van der Waals surface area contributed by atoms with E-state index in [1.807, 2.05) is 39.1 Å². The fourth-order valence-corrected chi connectivity index (χ4v) is 2.29. The van der Waals surface area contributed by atoms with Crippen molar-refractivity contribution in [2.75, 3.05) is 20.8 Å². The minimum absolute atomic E-state index is 0.00192. The molecule has 4 heteroatoms. The number of ether oxygens (including phenoxy) is 1. The molecule has 0 aliphatic rings. The third-order valence-electron chi connectivity index (χ3n) is 4.07. The first kappa shape index (κ1) is 17.0. The van der Waals surface area contributed by atoms with Crippen LogP contribution in [0.5, 0.6) is 5.75 Å². The molecule has 0 bridgehead atoms. The number of methoxy groups -OCH3 is 1. The van der Waals surface area contributed by atoms with Gasteiger partial charge in [0.15, 0.2) is 0 Å². The summed E-state index contributed by atoms with van der Waals surface area (Å²) < 4.78 is 5.30. The maximum atomic E-state index is 9.61. The van der Waals surface area contributed by atoms with Gasteiger partial charge in [-0.05, 0) is 45.0 Å². The first-order valence-corrected chi connectivity index (χ1v) is 7.10. The second-order valence-electron chi connectivity index (χ2n) is 5.88. The fraction of sp³-hybridized carbons (Fsp3) is 0.625. The van der Waals surface area contributed by atoms with Gasteiger partial charge >= 0.3 is 0 Å². The lowest BCUT2D eigenvalue weighted by Crippen LogP contribution is -2.51. The molecule has 0 fully saturated rings. The zero-order valence-electron chi connectivity index (χ0n) is 13.3. The number of benzene rings is 1. The number of likely N-dealkylation sites (N-methyl/N-ethyl adjacent to an activating group) is 1. The van der Waals surface area contributed by atoms with Crippen molar-refractivity contribution >= 4 is 0 Å². The van der Waals surface area contributed by atoms with Crippen molar-refractivity contribution in [1.29, 1.82) is 0 Å². The Morgan fingerprint density at radius 3 is 2.55 bits per heavy atom. The molecule has 1 aromatic carbocycles. The van der Waals surface area contributed by atoms with Gasteiger partial charge < -0.3 is 15.6 Å². The van der Waals surface area contributed by atoms with Crippen LogP contribution in [0.4, 0.5) is 0 Å². The molecule has 0 saturated heterocycles. The monoisotopic (exact) mass is 280 g/mol. The molecule has 114 valence electrons. The van der Waals surface area contributed by atoms with Crippen LogP contribution in [0.15, 0.2) is 24.3 Å². The van der Waals surface area contributed by atoms with Gasteiger partial charge in [-0.3, -0.25) is 4.90 Å². The van der Waals surface area contributed by atoms with E-state index in [1.165, 1.54) is 0 Å². The number of nitrogens with two attached hydrogens (primary N) is 1. The maximum Gasteiger partial charge on any atom is 0.119 e. The number of hydrogen-bond acceptors (Lipinski definition) is 4. The summed E-state index contributed by atoms with van der Waals surface area (Å²) in [5.74, 6) is 0.825. The van der Waals surface area contributed by atoms with Gasteiger partial charge in [-0.2, -0.15) is 0 Å². The van der Waals surface area contributed by atoms with Gasteiger partial charge in [0.05, 0.1) is 19.8 Å². The first-order valence-electron chi connectivity index (χ1n) is 7.10. The highest BCUT2D eigenvalue weighted by Crippen LogP contribution is 2.31. The van der Waals surface area contributed by atoms with Crippen LogP contribution in [0.3, 0.4) is 0 Å². The summed E-state index contributed by atoms with van der Waals surface area (Å²) in [4.78, 5) is 2.15. The second kappa shape index (κ2) is 7.07. The molecule has 0 aliphatic carbocycles. The molecule has 2 unspecified atom stereocenters. The molecule has 0 aliphatic heterocycles. The summed E-state index contributed by atoms with van der Waals surface area (Å²) in [6.07, 6.45) is 0.869. The van der Waals surface area contributed by atoms with Gasteiger partial charge in [-0.15, -0.1) is 0 Å². The predicted molar refractivity (Wildman–Crippen MR) is 82.9 cm³/mol. The fourth-order valence-electron chi connectivity index (χ4n) is 2.29. The molecule has 0 radical (unpaired) electrons. The molecule has 1 aromatic rings. The highest BCUT2D eigenvalue weighted by Gasteiger charge is 2.33. The van der Waals surface area contributed by atoms with E-state index in [0.717, 1.165) is 17.7 Å². The Labute approximate surface area is 122 Å². The number of rotatable bonds is 7. The summed E-state index contributed by atoms with van der Waals surface area (Å²) in [7, 11) is 3.67. The van der Waals surface area contributed by atoms with E-state index in [0.29, 0.717) is 0 Å². The van der Waals surface area contributed by atoms with Gasteiger partial charge in [-0.1, -0.05) is 19.1 Å². The van der Waals surface area contributed by atoms with Crippen LogP contribution < -0.4 is 10.5 Å². The lowest BCUT2D eigenvalue weighted by atomic mass is 9.92. The van der Waals surface area contributed by atoms with E-state index in [9.17, 15) is 5.11 Å². The van der Waals surface area contributed by atoms with Crippen LogP contribution in [0, 0.1) is 0 Å². The van der Waals surface area contributed by atoms with Crippen molar-refractivity contribution in [2.45, 2.75) is 44.8 Å².